The summed E-state index contributed by atoms with van der Waals surface area (Å²) >= 11 is 0. The van der Waals surface area contributed by atoms with E-state index in [4.69, 9.17) is 4.74 Å². The molecule has 1 atom stereocenters. The molecule has 0 radical (unpaired) electrons. The van der Waals surface area contributed by atoms with Crippen molar-refractivity contribution in [3.63, 3.8) is 0 Å². The normalized spacial score (nSPS) is 20.9. The van der Waals surface area contributed by atoms with E-state index < -0.39 is 17.2 Å². The summed E-state index contributed by atoms with van der Waals surface area (Å²) in [7, 11) is 3.23. The maximum absolute atomic E-state index is 13.0. The number of urea groups is 1. The van der Waals surface area contributed by atoms with E-state index in [0.29, 0.717) is 35.7 Å². The van der Waals surface area contributed by atoms with Crippen LogP contribution in [0.5, 0.6) is 5.75 Å². The summed E-state index contributed by atoms with van der Waals surface area (Å²) in [4.78, 5) is 53.0. The van der Waals surface area contributed by atoms with E-state index in [9.17, 15) is 19.2 Å². The Morgan fingerprint density at radius 3 is 2.59 bits per heavy atom. The first-order chi connectivity index (χ1) is 16.3. The number of rotatable bonds is 3. The minimum absolute atomic E-state index is 0.00284. The minimum atomic E-state index is -1.35. The molecule has 9 nitrogen and oxygen atoms in total. The summed E-state index contributed by atoms with van der Waals surface area (Å²) in [5.41, 5.74) is 2.27. The van der Waals surface area contributed by atoms with Crippen molar-refractivity contribution in [2.24, 2.45) is 5.41 Å². The number of hydrogen-bond donors (Lipinski definition) is 2. The van der Waals surface area contributed by atoms with Crippen molar-refractivity contribution in [2.75, 3.05) is 26.0 Å². The summed E-state index contributed by atoms with van der Waals surface area (Å²) in [6.45, 7) is 0.760. The fraction of sp³-hybridized carbons (Fsp3) is 0.280. The summed E-state index contributed by atoms with van der Waals surface area (Å²) in [5, 5.41) is 5.14. The van der Waals surface area contributed by atoms with Crippen molar-refractivity contribution < 1.29 is 23.9 Å². The minimum Gasteiger partial charge on any atom is -0.497 e. The molecule has 2 aromatic rings. The van der Waals surface area contributed by atoms with Crippen LogP contribution in [0.3, 0.4) is 0 Å². The number of ether oxygens (including phenoxy) is 1. The van der Waals surface area contributed by atoms with Gasteiger partial charge in [0, 0.05) is 43.5 Å². The average molecular weight is 458 g/mol. The highest BCUT2D eigenvalue weighted by molar-refractivity contribution is 6.08. The van der Waals surface area contributed by atoms with Gasteiger partial charge in [0.2, 0.25) is 11.8 Å². The smallest absolute Gasteiger partial charge is 0.321 e. The maximum atomic E-state index is 13.0. The highest BCUT2D eigenvalue weighted by Gasteiger charge is 2.48. The van der Waals surface area contributed by atoms with Crippen molar-refractivity contribution in [1.82, 2.24) is 15.1 Å². The highest BCUT2D eigenvalue weighted by atomic mass is 16.5. The third kappa shape index (κ3) is 3.63. The molecule has 0 bridgehead atoms. The number of carbonyl (C=O) groups excluding carboxylic acids is 4. The molecule has 5 rings (SSSR count). The Balaban J connectivity index is 1.44. The molecule has 34 heavy (non-hydrogen) atoms. The zero-order chi connectivity index (χ0) is 24.0. The molecule has 9 heteroatoms. The Morgan fingerprint density at radius 2 is 1.85 bits per heavy atom. The van der Waals surface area contributed by atoms with E-state index in [1.165, 1.54) is 7.11 Å². The van der Waals surface area contributed by atoms with Crippen molar-refractivity contribution >= 4 is 29.4 Å². The molecular formula is C25H22N4O5. The molecular weight excluding hydrogens is 436 g/mol. The Kier molecular flexibility index (Phi) is 5.01. The number of nitrogens with one attached hydrogen (secondary N) is 2. The Morgan fingerprint density at radius 1 is 1.03 bits per heavy atom. The molecule has 3 aliphatic heterocycles. The fourth-order valence-corrected chi connectivity index (χ4v) is 4.49. The van der Waals surface area contributed by atoms with Gasteiger partial charge >= 0.3 is 6.03 Å². The molecule has 0 aliphatic carbocycles. The number of amides is 5. The number of imide groups is 1. The Bertz CT molecular complexity index is 1320. The number of nitrogens with zero attached hydrogens (tertiary/aromatic N) is 2. The standard InChI is InChI=1S/C25H22N4O5/c1-28-12-17-9-15(3-6-20(17)26-24(28)33)7-8-25(11-21(30)27-23(25)32)14-29-13-16-4-5-18(34-2)10-19(16)22(29)31/h3-6,9-10H,11-14H2,1-2H3,(H,26,33)(H,27,30,32)/t25-/m1/s1. The highest BCUT2D eigenvalue weighted by Crippen LogP contribution is 2.34. The third-order valence-electron chi connectivity index (χ3n) is 6.35. The van der Waals surface area contributed by atoms with Crippen LogP contribution in [0.1, 0.15) is 33.5 Å². The van der Waals surface area contributed by atoms with Crippen LogP contribution in [0.15, 0.2) is 36.4 Å². The lowest BCUT2D eigenvalue weighted by molar-refractivity contribution is -0.127. The largest absolute Gasteiger partial charge is 0.497 e. The van der Waals surface area contributed by atoms with Crippen molar-refractivity contribution in [3.8, 4) is 17.6 Å². The molecule has 2 N–H and O–H groups in total. The van der Waals surface area contributed by atoms with Gasteiger partial charge in [-0.3, -0.25) is 19.7 Å². The zero-order valence-electron chi connectivity index (χ0n) is 18.7. The molecule has 3 aliphatic rings. The van der Waals surface area contributed by atoms with Crippen LogP contribution in [-0.4, -0.2) is 54.3 Å². The Labute approximate surface area is 196 Å². The van der Waals surface area contributed by atoms with Crippen LogP contribution in [0, 0.1) is 17.3 Å². The van der Waals surface area contributed by atoms with Crippen LogP contribution >= 0.6 is 0 Å². The quantitative estimate of drug-likeness (QED) is 0.538. The second-order valence-electron chi connectivity index (χ2n) is 8.73. The van der Waals surface area contributed by atoms with Crippen LogP contribution in [-0.2, 0) is 22.7 Å². The predicted molar refractivity (Wildman–Crippen MR) is 122 cm³/mol. The molecule has 0 aromatic heterocycles. The SMILES string of the molecule is COc1ccc2c(c1)C(=O)N(C[C@@]1(C#Cc3ccc4c(c3)CN(C)C(=O)N4)CC(=O)NC1=O)C2. The van der Waals surface area contributed by atoms with Crippen molar-refractivity contribution in [3.05, 3.63) is 58.7 Å². The van der Waals surface area contributed by atoms with E-state index >= 15 is 0 Å². The van der Waals surface area contributed by atoms with E-state index in [1.54, 1.807) is 41.1 Å². The number of fused-ring (bicyclic) bond motifs is 2. The van der Waals surface area contributed by atoms with Gasteiger partial charge in [-0.05, 0) is 41.5 Å². The van der Waals surface area contributed by atoms with Gasteiger partial charge in [-0.2, -0.15) is 0 Å². The number of benzene rings is 2. The lowest BCUT2D eigenvalue weighted by Crippen LogP contribution is -2.42. The third-order valence-corrected chi connectivity index (χ3v) is 6.35. The van der Waals surface area contributed by atoms with Crippen LogP contribution in [0.25, 0.3) is 0 Å². The van der Waals surface area contributed by atoms with Gasteiger partial charge in [0.05, 0.1) is 13.5 Å². The molecule has 0 saturated carbocycles. The molecule has 0 spiro atoms. The second-order valence-corrected chi connectivity index (χ2v) is 8.73. The maximum Gasteiger partial charge on any atom is 0.321 e. The van der Waals surface area contributed by atoms with Gasteiger partial charge in [-0.15, -0.1) is 0 Å². The molecule has 5 amide bonds. The van der Waals surface area contributed by atoms with E-state index in [0.717, 1.165) is 11.1 Å². The zero-order valence-corrected chi connectivity index (χ0v) is 18.7. The molecule has 172 valence electrons. The van der Waals surface area contributed by atoms with Gasteiger partial charge < -0.3 is 19.9 Å². The Hall–Kier alpha value is -4.32. The van der Waals surface area contributed by atoms with E-state index in [-0.39, 0.29) is 24.9 Å². The van der Waals surface area contributed by atoms with E-state index in [1.807, 2.05) is 12.1 Å². The van der Waals surface area contributed by atoms with Gasteiger partial charge in [0.25, 0.3) is 5.91 Å². The van der Waals surface area contributed by atoms with Crippen LogP contribution in [0.2, 0.25) is 0 Å². The topological polar surface area (TPSA) is 108 Å². The molecule has 1 saturated heterocycles. The van der Waals surface area contributed by atoms with Crippen molar-refractivity contribution in [1.29, 1.82) is 0 Å². The predicted octanol–water partition coefficient (Wildman–Crippen LogP) is 1.71. The van der Waals surface area contributed by atoms with Crippen molar-refractivity contribution in [2.45, 2.75) is 19.5 Å². The lowest BCUT2D eigenvalue weighted by atomic mass is 9.85. The van der Waals surface area contributed by atoms with Crippen LogP contribution in [0.4, 0.5) is 10.5 Å². The fourth-order valence-electron chi connectivity index (χ4n) is 4.49. The molecule has 2 aromatic carbocycles. The molecule has 3 heterocycles. The van der Waals surface area contributed by atoms with Gasteiger partial charge in [0.15, 0.2) is 0 Å². The average Bonchev–Trinajstić information content (AvgIpc) is 3.27. The van der Waals surface area contributed by atoms with Gasteiger partial charge in [0.1, 0.15) is 11.2 Å². The summed E-state index contributed by atoms with van der Waals surface area (Å²) in [6.07, 6.45) is -0.119. The monoisotopic (exact) mass is 458 g/mol. The van der Waals surface area contributed by atoms with E-state index in [2.05, 4.69) is 22.5 Å². The number of carbonyl (C=O) groups is 4. The lowest BCUT2D eigenvalue weighted by Gasteiger charge is -2.26. The summed E-state index contributed by atoms with van der Waals surface area (Å²) in [5.74, 6) is 5.47. The number of hydrogen-bond acceptors (Lipinski definition) is 5. The first-order valence-corrected chi connectivity index (χ1v) is 10.8. The first kappa shape index (κ1) is 21.5. The molecule has 0 unspecified atom stereocenters. The summed E-state index contributed by atoms with van der Waals surface area (Å²) in [6, 6.07) is 10.5. The first-order valence-electron chi connectivity index (χ1n) is 10.8. The van der Waals surface area contributed by atoms with Gasteiger partial charge in [-0.1, -0.05) is 17.9 Å². The second kappa shape index (κ2) is 7.92. The number of anilines is 1. The molecule has 1 fully saturated rings. The number of methoxy groups -OCH3 is 1. The summed E-state index contributed by atoms with van der Waals surface area (Å²) < 4.78 is 5.22. The van der Waals surface area contributed by atoms with Crippen LogP contribution < -0.4 is 15.4 Å². The van der Waals surface area contributed by atoms with Gasteiger partial charge in [-0.25, -0.2) is 4.79 Å².